The van der Waals surface area contributed by atoms with E-state index in [9.17, 15) is 10.1 Å². The Bertz CT molecular complexity index is 953. The number of aryl methyl sites for hydroxylation is 1. The van der Waals surface area contributed by atoms with Crippen molar-refractivity contribution in [3.8, 4) is 17.9 Å². The van der Waals surface area contributed by atoms with Crippen molar-refractivity contribution in [2.45, 2.75) is 13.8 Å². The van der Waals surface area contributed by atoms with Gasteiger partial charge in [-0.3, -0.25) is 4.79 Å². The summed E-state index contributed by atoms with van der Waals surface area (Å²) in [5.41, 5.74) is 3.34. The summed E-state index contributed by atoms with van der Waals surface area (Å²) in [6.45, 7) is 3.81. The average molecular weight is 410 g/mol. The standard InChI is InChI=1S/C20H16BrN3O2/c1-13-4-3-5-18(14(13)2)24-20(25)16(12-23)10-15-6-7-19(17(21)11-15)26-9-8-22/h3-7,10-11H,9H2,1-2H3,(H,24,25)/b16-10+. The molecule has 2 aromatic carbocycles. The van der Waals surface area contributed by atoms with Gasteiger partial charge in [-0.2, -0.15) is 10.5 Å². The van der Waals surface area contributed by atoms with Crippen LogP contribution in [-0.2, 0) is 4.79 Å². The molecule has 2 aromatic rings. The van der Waals surface area contributed by atoms with Gasteiger partial charge < -0.3 is 10.1 Å². The number of carbonyl (C=O) groups is 1. The van der Waals surface area contributed by atoms with Crippen molar-refractivity contribution in [3.63, 3.8) is 0 Å². The molecule has 0 saturated carbocycles. The van der Waals surface area contributed by atoms with Gasteiger partial charge >= 0.3 is 0 Å². The molecular formula is C20H16BrN3O2. The van der Waals surface area contributed by atoms with E-state index in [0.29, 0.717) is 21.5 Å². The molecule has 0 aliphatic rings. The number of carbonyl (C=O) groups excluding carboxylic acids is 1. The second kappa shape index (κ2) is 8.84. The van der Waals surface area contributed by atoms with Crippen molar-refractivity contribution >= 4 is 33.6 Å². The lowest BCUT2D eigenvalue weighted by Gasteiger charge is -2.10. The molecule has 0 radical (unpaired) electrons. The molecule has 26 heavy (non-hydrogen) atoms. The van der Waals surface area contributed by atoms with Gasteiger partial charge in [-0.15, -0.1) is 0 Å². The van der Waals surface area contributed by atoms with Gasteiger partial charge in [-0.05, 0) is 70.7 Å². The number of benzene rings is 2. The highest BCUT2D eigenvalue weighted by Gasteiger charge is 2.12. The van der Waals surface area contributed by atoms with Crippen LogP contribution in [0.5, 0.6) is 5.75 Å². The van der Waals surface area contributed by atoms with E-state index in [2.05, 4.69) is 21.2 Å². The highest BCUT2D eigenvalue weighted by molar-refractivity contribution is 9.10. The predicted octanol–water partition coefficient (Wildman–Crippen LogP) is 4.51. The van der Waals surface area contributed by atoms with Crippen LogP contribution in [0.3, 0.4) is 0 Å². The summed E-state index contributed by atoms with van der Waals surface area (Å²) in [6, 6.07) is 14.5. The zero-order valence-corrected chi connectivity index (χ0v) is 15.9. The van der Waals surface area contributed by atoms with Crippen molar-refractivity contribution in [2.24, 2.45) is 0 Å². The molecule has 0 saturated heterocycles. The maximum atomic E-state index is 12.4. The molecule has 5 nitrogen and oxygen atoms in total. The summed E-state index contributed by atoms with van der Waals surface area (Å²) in [5, 5.41) is 20.7. The number of hydrogen-bond acceptors (Lipinski definition) is 4. The van der Waals surface area contributed by atoms with Crippen LogP contribution in [0.25, 0.3) is 6.08 Å². The van der Waals surface area contributed by atoms with Crippen molar-refractivity contribution in [3.05, 3.63) is 63.1 Å². The van der Waals surface area contributed by atoms with Crippen molar-refractivity contribution in [1.29, 1.82) is 10.5 Å². The van der Waals surface area contributed by atoms with Gasteiger partial charge in [-0.1, -0.05) is 18.2 Å². The van der Waals surface area contributed by atoms with Crippen LogP contribution in [-0.4, -0.2) is 12.5 Å². The van der Waals surface area contributed by atoms with Gasteiger partial charge in [0.2, 0.25) is 0 Å². The summed E-state index contributed by atoms with van der Waals surface area (Å²) in [4.78, 5) is 12.4. The van der Waals surface area contributed by atoms with Gasteiger partial charge in [0.05, 0.1) is 4.47 Å². The Hall–Kier alpha value is -3.09. The van der Waals surface area contributed by atoms with E-state index in [1.54, 1.807) is 24.3 Å². The number of halogens is 1. The molecular weight excluding hydrogens is 394 g/mol. The fraction of sp³-hybridized carbons (Fsp3) is 0.150. The Morgan fingerprint density at radius 2 is 2.04 bits per heavy atom. The zero-order valence-electron chi connectivity index (χ0n) is 14.3. The number of nitrogens with one attached hydrogen (secondary N) is 1. The summed E-state index contributed by atoms with van der Waals surface area (Å²) < 4.78 is 5.88. The molecule has 0 fully saturated rings. The Balaban J connectivity index is 2.23. The highest BCUT2D eigenvalue weighted by Crippen LogP contribution is 2.27. The third kappa shape index (κ3) is 4.72. The van der Waals surface area contributed by atoms with Crippen LogP contribution >= 0.6 is 15.9 Å². The Labute approximate surface area is 160 Å². The molecule has 6 heteroatoms. The molecule has 0 aliphatic carbocycles. The highest BCUT2D eigenvalue weighted by atomic mass is 79.9. The number of nitriles is 2. The van der Waals surface area contributed by atoms with Crippen LogP contribution in [0, 0.1) is 36.5 Å². The molecule has 0 heterocycles. The lowest BCUT2D eigenvalue weighted by atomic mass is 10.1. The van der Waals surface area contributed by atoms with E-state index in [1.165, 1.54) is 6.08 Å². The summed E-state index contributed by atoms with van der Waals surface area (Å²) >= 11 is 3.35. The molecule has 0 aromatic heterocycles. The van der Waals surface area contributed by atoms with Gasteiger partial charge in [0, 0.05) is 5.69 Å². The van der Waals surface area contributed by atoms with Gasteiger partial charge in [0.25, 0.3) is 5.91 Å². The monoisotopic (exact) mass is 409 g/mol. The normalized spacial score (nSPS) is 10.6. The average Bonchev–Trinajstić information content (AvgIpc) is 2.62. The second-order valence-electron chi connectivity index (χ2n) is 5.51. The van der Waals surface area contributed by atoms with E-state index >= 15 is 0 Å². The zero-order chi connectivity index (χ0) is 19.1. The number of nitrogens with zero attached hydrogens (tertiary/aromatic N) is 2. The number of hydrogen-bond donors (Lipinski definition) is 1. The molecule has 0 unspecified atom stereocenters. The first-order chi connectivity index (χ1) is 12.5. The molecule has 1 N–H and O–H groups in total. The van der Waals surface area contributed by atoms with Crippen LogP contribution < -0.4 is 10.1 Å². The summed E-state index contributed by atoms with van der Waals surface area (Å²) in [6.07, 6.45) is 1.50. The fourth-order valence-corrected chi connectivity index (χ4v) is 2.74. The smallest absolute Gasteiger partial charge is 0.266 e. The first kappa shape index (κ1) is 19.2. The SMILES string of the molecule is Cc1cccc(NC(=O)/C(C#N)=C/c2ccc(OCC#N)c(Br)c2)c1C. The molecule has 1 amide bonds. The molecule has 0 aliphatic heterocycles. The van der Waals surface area contributed by atoms with Gasteiger partial charge in [0.15, 0.2) is 6.61 Å². The van der Waals surface area contributed by atoms with E-state index in [4.69, 9.17) is 10.00 Å². The first-order valence-corrected chi connectivity index (χ1v) is 8.54. The Morgan fingerprint density at radius 3 is 2.69 bits per heavy atom. The van der Waals surface area contributed by atoms with Crippen molar-refractivity contribution in [1.82, 2.24) is 0 Å². The van der Waals surface area contributed by atoms with Crippen LogP contribution in [0.15, 0.2) is 46.4 Å². The van der Waals surface area contributed by atoms with Crippen LogP contribution in [0.4, 0.5) is 5.69 Å². The second-order valence-corrected chi connectivity index (χ2v) is 6.36. The quantitative estimate of drug-likeness (QED) is 0.580. The molecule has 130 valence electrons. The molecule has 0 bridgehead atoms. The topological polar surface area (TPSA) is 85.9 Å². The third-order valence-corrected chi connectivity index (χ3v) is 4.40. The summed E-state index contributed by atoms with van der Waals surface area (Å²) in [5.74, 6) is 0.0455. The minimum Gasteiger partial charge on any atom is -0.478 e. The Morgan fingerprint density at radius 1 is 1.27 bits per heavy atom. The fourth-order valence-electron chi connectivity index (χ4n) is 2.23. The minimum absolute atomic E-state index is 0.0106. The Kier molecular flexibility index (Phi) is 6.54. The lowest BCUT2D eigenvalue weighted by Crippen LogP contribution is -2.14. The van der Waals surface area contributed by atoms with Gasteiger partial charge in [0.1, 0.15) is 23.5 Å². The third-order valence-electron chi connectivity index (χ3n) is 3.78. The van der Waals surface area contributed by atoms with Crippen molar-refractivity contribution < 1.29 is 9.53 Å². The predicted molar refractivity (Wildman–Crippen MR) is 103 cm³/mol. The minimum atomic E-state index is -0.470. The molecule has 2 rings (SSSR count). The lowest BCUT2D eigenvalue weighted by molar-refractivity contribution is -0.112. The number of rotatable bonds is 5. The van der Waals surface area contributed by atoms with E-state index < -0.39 is 5.91 Å². The summed E-state index contributed by atoms with van der Waals surface area (Å²) in [7, 11) is 0. The van der Waals surface area contributed by atoms with E-state index in [0.717, 1.165) is 11.1 Å². The van der Waals surface area contributed by atoms with Crippen molar-refractivity contribution in [2.75, 3.05) is 11.9 Å². The number of amides is 1. The van der Waals surface area contributed by atoms with Crippen LogP contribution in [0.1, 0.15) is 16.7 Å². The van der Waals surface area contributed by atoms with Gasteiger partial charge in [-0.25, -0.2) is 0 Å². The van der Waals surface area contributed by atoms with E-state index in [1.807, 2.05) is 38.1 Å². The number of ether oxygens (including phenoxy) is 1. The molecule has 0 atom stereocenters. The largest absolute Gasteiger partial charge is 0.478 e. The molecule has 0 spiro atoms. The van der Waals surface area contributed by atoms with Crippen LogP contribution in [0.2, 0.25) is 0 Å². The first-order valence-electron chi connectivity index (χ1n) is 7.75. The van der Waals surface area contributed by atoms with E-state index in [-0.39, 0.29) is 12.2 Å². The maximum absolute atomic E-state index is 12.4. The number of anilines is 1. The maximum Gasteiger partial charge on any atom is 0.266 e.